The van der Waals surface area contributed by atoms with Crippen molar-refractivity contribution in [3.05, 3.63) is 34.1 Å². The third-order valence-electron chi connectivity index (χ3n) is 6.34. The Bertz CT molecular complexity index is 982. The standard InChI is InChI=1S/C23H30FN3O3S/c1-15(28)27-9-7-16(8-10-27)13-30-17-11-19(24)22-20(12-17)25-21(26-23(22)29)14-31-18-5-3-2-4-6-18/h11-12,16,18H,2-10,13-14H2,1H3,(H,25,26,29). The molecule has 168 valence electrons. The number of benzene rings is 1. The van der Waals surface area contributed by atoms with Crippen LogP contribution in [0.25, 0.3) is 10.9 Å². The van der Waals surface area contributed by atoms with Crippen molar-refractivity contribution in [3.8, 4) is 5.75 Å². The fraction of sp³-hybridized carbons (Fsp3) is 0.609. The van der Waals surface area contributed by atoms with Crippen LogP contribution in [0.1, 0.15) is 57.7 Å². The quantitative estimate of drug-likeness (QED) is 0.716. The first-order valence-corrected chi connectivity index (χ1v) is 12.3. The second-order valence-electron chi connectivity index (χ2n) is 8.64. The Labute approximate surface area is 185 Å². The molecular weight excluding hydrogens is 417 g/mol. The molecule has 0 bridgehead atoms. The summed E-state index contributed by atoms with van der Waals surface area (Å²) in [7, 11) is 0. The molecule has 1 saturated heterocycles. The van der Waals surface area contributed by atoms with Gasteiger partial charge in [0.1, 0.15) is 22.8 Å². The number of H-pyrrole nitrogens is 1. The molecule has 0 spiro atoms. The molecule has 31 heavy (non-hydrogen) atoms. The molecule has 0 atom stereocenters. The summed E-state index contributed by atoms with van der Waals surface area (Å²) >= 11 is 1.82. The molecule has 2 aliphatic rings. The van der Waals surface area contributed by atoms with E-state index in [9.17, 15) is 14.0 Å². The summed E-state index contributed by atoms with van der Waals surface area (Å²) < 4.78 is 20.5. The highest BCUT2D eigenvalue weighted by Gasteiger charge is 2.22. The lowest BCUT2D eigenvalue weighted by Gasteiger charge is -2.31. The molecule has 4 rings (SSSR count). The molecule has 6 nitrogen and oxygen atoms in total. The lowest BCUT2D eigenvalue weighted by Crippen LogP contribution is -2.38. The van der Waals surface area contributed by atoms with Crippen LogP contribution in [0.15, 0.2) is 16.9 Å². The molecule has 2 heterocycles. The number of rotatable bonds is 6. The van der Waals surface area contributed by atoms with Gasteiger partial charge in [0.15, 0.2) is 0 Å². The van der Waals surface area contributed by atoms with Crippen LogP contribution < -0.4 is 10.3 Å². The van der Waals surface area contributed by atoms with E-state index in [1.54, 1.807) is 13.0 Å². The van der Waals surface area contributed by atoms with Crippen molar-refractivity contribution in [1.29, 1.82) is 0 Å². The van der Waals surface area contributed by atoms with Crippen molar-refractivity contribution in [3.63, 3.8) is 0 Å². The monoisotopic (exact) mass is 447 g/mol. The SMILES string of the molecule is CC(=O)N1CCC(COc2cc(F)c3c(=O)[nH]c(CSC4CCCCC4)nc3c2)CC1. The Balaban J connectivity index is 1.42. The fourth-order valence-electron chi connectivity index (χ4n) is 4.46. The molecule has 1 amide bonds. The Kier molecular flexibility index (Phi) is 7.15. The van der Waals surface area contributed by atoms with Crippen molar-refractivity contribution >= 4 is 28.6 Å². The zero-order valence-corrected chi connectivity index (χ0v) is 18.8. The lowest BCUT2D eigenvalue weighted by molar-refractivity contribution is -0.130. The smallest absolute Gasteiger partial charge is 0.261 e. The van der Waals surface area contributed by atoms with E-state index in [0.29, 0.717) is 40.6 Å². The summed E-state index contributed by atoms with van der Waals surface area (Å²) in [6.07, 6.45) is 7.99. The third-order valence-corrected chi connectivity index (χ3v) is 7.72. The number of hydrogen-bond acceptors (Lipinski definition) is 5. The molecule has 1 aliphatic carbocycles. The van der Waals surface area contributed by atoms with Gasteiger partial charge in [-0.15, -0.1) is 0 Å². The molecular formula is C23H30FN3O3S. The van der Waals surface area contributed by atoms with Crippen molar-refractivity contribution in [2.45, 2.75) is 62.9 Å². The highest BCUT2D eigenvalue weighted by atomic mass is 32.2. The number of nitrogens with one attached hydrogen (secondary N) is 1. The van der Waals surface area contributed by atoms with Crippen molar-refractivity contribution < 1.29 is 13.9 Å². The minimum Gasteiger partial charge on any atom is -0.493 e. The summed E-state index contributed by atoms with van der Waals surface area (Å²) in [4.78, 5) is 33.0. The van der Waals surface area contributed by atoms with Gasteiger partial charge in [-0.3, -0.25) is 9.59 Å². The molecule has 1 aromatic heterocycles. The Morgan fingerprint density at radius 3 is 2.68 bits per heavy atom. The summed E-state index contributed by atoms with van der Waals surface area (Å²) in [5.41, 5.74) is -0.103. The van der Waals surface area contributed by atoms with Crippen LogP contribution in [-0.2, 0) is 10.5 Å². The van der Waals surface area contributed by atoms with E-state index in [1.807, 2.05) is 16.7 Å². The molecule has 1 N–H and O–H groups in total. The van der Waals surface area contributed by atoms with Crippen molar-refractivity contribution in [2.24, 2.45) is 5.92 Å². The van der Waals surface area contributed by atoms with E-state index in [4.69, 9.17) is 4.74 Å². The number of aromatic amines is 1. The maximum atomic E-state index is 14.6. The highest BCUT2D eigenvalue weighted by Crippen LogP contribution is 2.30. The first-order chi connectivity index (χ1) is 15.0. The van der Waals surface area contributed by atoms with E-state index in [1.165, 1.54) is 38.2 Å². The predicted molar refractivity (Wildman–Crippen MR) is 121 cm³/mol. The largest absolute Gasteiger partial charge is 0.493 e. The minimum atomic E-state index is -0.612. The van der Waals surface area contributed by atoms with Gasteiger partial charge in [0, 0.05) is 37.4 Å². The lowest BCUT2D eigenvalue weighted by atomic mass is 9.98. The van der Waals surface area contributed by atoms with Gasteiger partial charge in [0.25, 0.3) is 5.56 Å². The Morgan fingerprint density at radius 1 is 1.23 bits per heavy atom. The van der Waals surface area contributed by atoms with Gasteiger partial charge in [-0.1, -0.05) is 19.3 Å². The molecule has 1 aromatic carbocycles. The second-order valence-corrected chi connectivity index (χ2v) is 9.93. The zero-order valence-electron chi connectivity index (χ0n) is 18.0. The average Bonchev–Trinajstić information content (AvgIpc) is 2.77. The minimum absolute atomic E-state index is 0.0199. The zero-order chi connectivity index (χ0) is 21.8. The number of hydrogen-bond donors (Lipinski definition) is 1. The average molecular weight is 448 g/mol. The number of thioether (sulfide) groups is 1. The number of nitrogens with zero attached hydrogens (tertiary/aromatic N) is 2. The van der Waals surface area contributed by atoms with Crippen LogP contribution in [0, 0.1) is 11.7 Å². The summed E-state index contributed by atoms with van der Waals surface area (Å²) in [6.45, 7) is 3.51. The Morgan fingerprint density at radius 2 is 1.97 bits per heavy atom. The van der Waals surface area contributed by atoms with Gasteiger partial charge in [0.2, 0.25) is 5.91 Å². The van der Waals surface area contributed by atoms with Crippen molar-refractivity contribution in [2.75, 3.05) is 19.7 Å². The predicted octanol–water partition coefficient (Wildman–Crippen LogP) is 4.27. The van der Waals surface area contributed by atoms with E-state index in [0.717, 1.165) is 25.9 Å². The molecule has 2 fully saturated rings. The number of carbonyl (C=O) groups is 1. The second kappa shape index (κ2) is 10.0. The van der Waals surface area contributed by atoms with Crippen LogP contribution >= 0.6 is 11.8 Å². The van der Waals surface area contributed by atoms with Crippen LogP contribution in [0.3, 0.4) is 0 Å². The maximum absolute atomic E-state index is 14.6. The molecule has 2 aromatic rings. The third kappa shape index (κ3) is 5.59. The number of carbonyl (C=O) groups excluding carboxylic acids is 1. The Hall–Kier alpha value is -2.09. The van der Waals surface area contributed by atoms with Gasteiger partial charge in [-0.05, 0) is 31.6 Å². The number of halogens is 1. The van der Waals surface area contributed by atoms with Crippen LogP contribution in [0.4, 0.5) is 4.39 Å². The van der Waals surface area contributed by atoms with E-state index in [2.05, 4.69) is 9.97 Å². The number of likely N-dealkylation sites (tertiary alicyclic amines) is 1. The van der Waals surface area contributed by atoms with Gasteiger partial charge in [0.05, 0.1) is 17.9 Å². The van der Waals surface area contributed by atoms with Crippen molar-refractivity contribution in [1.82, 2.24) is 14.9 Å². The highest BCUT2D eigenvalue weighted by molar-refractivity contribution is 7.99. The number of aromatic nitrogens is 2. The number of amides is 1. The number of fused-ring (bicyclic) bond motifs is 1. The topological polar surface area (TPSA) is 75.3 Å². The summed E-state index contributed by atoms with van der Waals surface area (Å²) in [6, 6.07) is 2.92. The number of ether oxygens (including phenoxy) is 1. The molecule has 0 unspecified atom stereocenters. The van der Waals surface area contributed by atoms with E-state index >= 15 is 0 Å². The van der Waals surface area contributed by atoms with Gasteiger partial charge in [-0.2, -0.15) is 11.8 Å². The normalized spacial score (nSPS) is 18.5. The fourth-order valence-corrected chi connectivity index (χ4v) is 5.65. The van der Waals surface area contributed by atoms with Gasteiger partial charge < -0.3 is 14.6 Å². The summed E-state index contributed by atoms with van der Waals surface area (Å²) in [5, 5.41) is 0.587. The first kappa shape index (κ1) is 22.1. The molecule has 8 heteroatoms. The van der Waals surface area contributed by atoms with Crippen LogP contribution in [-0.4, -0.2) is 45.7 Å². The number of piperidine rings is 1. The van der Waals surface area contributed by atoms with Crippen LogP contribution in [0.2, 0.25) is 0 Å². The first-order valence-electron chi connectivity index (χ1n) is 11.2. The molecule has 0 radical (unpaired) electrons. The van der Waals surface area contributed by atoms with E-state index in [-0.39, 0.29) is 11.3 Å². The van der Waals surface area contributed by atoms with E-state index < -0.39 is 11.4 Å². The molecule has 1 saturated carbocycles. The van der Waals surface area contributed by atoms with Crippen LogP contribution in [0.5, 0.6) is 5.75 Å². The molecule has 1 aliphatic heterocycles. The van der Waals surface area contributed by atoms with Gasteiger partial charge in [-0.25, -0.2) is 9.37 Å². The van der Waals surface area contributed by atoms with Gasteiger partial charge >= 0.3 is 0 Å². The maximum Gasteiger partial charge on any atom is 0.261 e. The summed E-state index contributed by atoms with van der Waals surface area (Å²) in [5.74, 6) is 1.41.